The van der Waals surface area contributed by atoms with Crippen LogP contribution in [-0.4, -0.2) is 43.0 Å². The molecule has 37 heavy (non-hydrogen) atoms. The van der Waals surface area contributed by atoms with Crippen LogP contribution in [0.2, 0.25) is 0 Å². The molecule has 2 heterocycles. The molecule has 2 aliphatic heterocycles. The van der Waals surface area contributed by atoms with Crippen LogP contribution in [0.25, 0.3) is 0 Å². The van der Waals surface area contributed by atoms with Crippen LogP contribution in [0.5, 0.6) is 0 Å². The second kappa shape index (κ2) is 9.36. The fourth-order valence-corrected chi connectivity index (χ4v) is 7.20. The summed E-state index contributed by atoms with van der Waals surface area (Å²) in [5.74, 6) is -1.49. The largest absolute Gasteiger partial charge is 0.613 e. The molecule has 2 fully saturated rings. The van der Waals surface area contributed by atoms with Gasteiger partial charge in [-0.2, -0.15) is 0 Å². The van der Waals surface area contributed by atoms with E-state index >= 15 is 0 Å². The van der Waals surface area contributed by atoms with Crippen molar-refractivity contribution in [3.8, 4) is 0 Å². The van der Waals surface area contributed by atoms with Gasteiger partial charge in [0.2, 0.25) is 5.91 Å². The van der Waals surface area contributed by atoms with Gasteiger partial charge >= 0.3 is 5.97 Å². The van der Waals surface area contributed by atoms with Crippen molar-refractivity contribution in [2.24, 2.45) is 0 Å². The average Bonchev–Trinajstić information content (AvgIpc) is 3.03. The van der Waals surface area contributed by atoms with Crippen LogP contribution in [0, 0.1) is 6.92 Å². The Balaban J connectivity index is 1.46. The summed E-state index contributed by atoms with van der Waals surface area (Å²) >= 11 is -1.78. The number of β-lactam (4-membered cyclic amide) rings is 1. The predicted molar refractivity (Wildman–Crippen MR) is 140 cm³/mol. The first-order chi connectivity index (χ1) is 17.6. The third-order valence-corrected chi connectivity index (χ3v) is 9.27. The minimum absolute atomic E-state index is 0.148. The highest BCUT2D eigenvalue weighted by Gasteiger charge is 2.78. The minimum Gasteiger partial charge on any atom is -0.613 e. The number of carbonyl (C=O) groups excluding carboxylic acids is 3. The van der Waals surface area contributed by atoms with Gasteiger partial charge in [0.25, 0.3) is 10.9 Å². The molecule has 2 saturated heterocycles. The molecule has 0 saturated carbocycles. The highest BCUT2D eigenvalue weighted by atomic mass is 32.2. The molecule has 3 atom stereocenters. The van der Waals surface area contributed by atoms with Gasteiger partial charge in [-0.25, -0.2) is 4.79 Å². The molecule has 1 N–H and O–H groups in total. The summed E-state index contributed by atoms with van der Waals surface area (Å²) < 4.78 is 18.7. The number of amides is 2. The highest BCUT2D eigenvalue weighted by Crippen LogP contribution is 2.52. The lowest BCUT2D eigenvalue weighted by Gasteiger charge is -2.45. The number of rotatable bonds is 6. The van der Waals surface area contributed by atoms with Crippen molar-refractivity contribution in [2.45, 2.75) is 49.1 Å². The Morgan fingerprint density at radius 1 is 0.973 bits per heavy atom. The molecule has 0 aromatic heterocycles. The number of hydrogen-bond acceptors (Lipinski definition) is 5. The van der Waals surface area contributed by atoms with E-state index in [1.165, 1.54) is 4.90 Å². The summed E-state index contributed by atoms with van der Waals surface area (Å²) in [6.45, 7) is 5.25. The number of aryl methyl sites for hydroxylation is 1. The summed E-state index contributed by atoms with van der Waals surface area (Å²) in [6.07, 6.45) is -0.863. The van der Waals surface area contributed by atoms with Crippen LogP contribution in [-0.2, 0) is 25.5 Å². The van der Waals surface area contributed by atoms with Gasteiger partial charge in [-0.15, -0.1) is 0 Å². The molecule has 0 bridgehead atoms. The van der Waals surface area contributed by atoms with Gasteiger partial charge in [0.05, 0.1) is 0 Å². The lowest BCUT2D eigenvalue weighted by atomic mass is 9.95. The molecule has 3 aromatic carbocycles. The second-order valence-corrected chi connectivity index (χ2v) is 12.2. The van der Waals surface area contributed by atoms with Gasteiger partial charge in [-0.1, -0.05) is 78.4 Å². The summed E-state index contributed by atoms with van der Waals surface area (Å²) in [6, 6.07) is 24.5. The van der Waals surface area contributed by atoms with E-state index in [4.69, 9.17) is 4.74 Å². The molecule has 1 unspecified atom stereocenters. The van der Waals surface area contributed by atoms with Crippen LogP contribution in [0.1, 0.15) is 53.4 Å². The van der Waals surface area contributed by atoms with Gasteiger partial charge in [0.1, 0.15) is 6.42 Å². The molecular formula is C29H28N2O5S. The standard InChI is InChI=1S/C29H28N2O5S/c1-19-14-16-22(17-15-19)26(33)30-29-18-23(32)31(29)25(28(2,3)37(29)35)27(34)36-24(20-10-6-4-7-11-20)21-12-8-5-9-13-21/h4-17,24-25H,18H2,1-3H3,(H,30,33)/t25-,29?,37-/m0/s1. The van der Waals surface area contributed by atoms with Gasteiger partial charge in [0, 0.05) is 16.7 Å². The first-order valence-corrected chi connectivity index (χ1v) is 13.2. The Bertz CT molecular complexity index is 1290. The number of esters is 1. The van der Waals surface area contributed by atoms with E-state index in [2.05, 4.69) is 5.32 Å². The van der Waals surface area contributed by atoms with Crippen molar-refractivity contribution in [3.63, 3.8) is 0 Å². The van der Waals surface area contributed by atoms with E-state index in [9.17, 15) is 18.9 Å². The van der Waals surface area contributed by atoms with Crippen LogP contribution in [0.15, 0.2) is 84.9 Å². The molecule has 0 radical (unpaired) electrons. The average molecular weight is 517 g/mol. The van der Waals surface area contributed by atoms with Crippen LogP contribution in [0.4, 0.5) is 0 Å². The van der Waals surface area contributed by atoms with Crippen molar-refractivity contribution in [1.82, 2.24) is 10.2 Å². The van der Waals surface area contributed by atoms with E-state index in [1.807, 2.05) is 67.6 Å². The number of nitrogens with zero attached hydrogens (tertiary/aromatic N) is 1. The van der Waals surface area contributed by atoms with Crippen LogP contribution < -0.4 is 5.32 Å². The molecule has 2 aliphatic rings. The van der Waals surface area contributed by atoms with Crippen molar-refractivity contribution in [3.05, 3.63) is 107 Å². The van der Waals surface area contributed by atoms with E-state index in [0.29, 0.717) is 5.56 Å². The lowest BCUT2D eigenvalue weighted by Crippen LogP contribution is -2.73. The zero-order chi connectivity index (χ0) is 26.4. The molecule has 190 valence electrons. The summed E-state index contributed by atoms with van der Waals surface area (Å²) in [5.41, 5.74) is 2.92. The molecule has 0 spiro atoms. The van der Waals surface area contributed by atoms with Crippen LogP contribution in [0.3, 0.4) is 0 Å². The molecule has 2 amide bonds. The third-order valence-electron chi connectivity index (χ3n) is 7.03. The zero-order valence-corrected chi connectivity index (χ0v) is 21.7. The summed E-state index contributed by atoms with van der Waals surface area (Å²) in [4.78, 5) is 39.5. The second-order valence-electron chi connectivity index (χ2n) is 9.96. The number of carbonyl (C=O) groups is 3. The lowest BCUT2D eigenvalue weighted by molar-refractivity contribution is -0.170. The fourth-order valence-electron chi connectivity index (χ4n) is 5.10. The van der Waals surface area contributed by atoms with Crippen molar-refractivity contribution >= 4 is 29.0 Å². The van der Waals surface area contributed by atoms with Crippen molar-refractivity contribution in [1.29, 1.82) is 0 Å². The normalized spacial score (nSPS) is 23.8. The Kier molecular flexibility index (Phi) is 6.33. The fraction of sp³-hybridized carbons (Fsp3) is 0.276. The molecule has 3 aromatic rings. The molecular weight excluding hydrogens is 488 g/mol. The van der Waals surface area contributed by atoms with Gasteiger partial charge in [0.15, 0.2) is 16.9 Å². The van der Waals surface area contributed by atoms with E-state index < -0.39 is 44.9 Å². The minimum atomic E-state index is -1.78. The topological polar surface area (TPSA) is 98.8 Å². The SMILES string of the molecule is Cc1ccc(C(=O)NC23CC(=O)N2[C@@H](C(=O)OC(c2ccccc2)c2ccccc2)C(C)(C)[S@+]3[O-])cc1. The maximum absolute atomic E-state index is 13.8. The summed E-state index contributed by atoms with van der Waals surface area (Å²) in [5, 5.41) is 2.82. The Morgan fingerprint density at radius 2 is 1.51 bits per heavy atom. The smallest absolute Gasteiger partial charge is 0.335 e. The highest BCUT2D eigenvalue weighted by molar-refractivity contribution is 7.94. The number of nitrogens with one attached hydrogen (secondary N) is 1. The number of hydrogen-bond donors (Lipinski definition) is 1. The monoisotopic (exact) mass is 516 g/mol. The van der Waals surface area contributed by atoms with E-state index in [-0.39, 0.29) is 12.3 Å². The number of fused-ring (bicyclic) bond motifs is 1. The Labute approximate surface area is 219 Å². The molecule has 7 nitrogen and oxygen atoms in total. The maximum atomic E-state index is 13.8. The van der Waals surface area contributed by atoms with Gasteiger partial charge < -0.3 is 9.29 Å². The first-order valence-electron chi connectivity index (χ1n) is 12.1. The number of benzene rings is 3. The molecule has 0 aliphatic carbocycles. The molecule has 8 heteroatoms. The van der Waals surface area contributed by atoms with E-state index in [1.54, 1.807) is 38.1 Å². The quantitative estimate of drug-likeness (QED) is 0.305. The maximum Gasteiger partial charge on any atom is 0.335 e. The first kappa shape index (κ1) is 25.0. The van der Waals surface area contributed by atoms with Gasteiger partial charge in [-0.3, -0.25) is 19.8 Å². The number of ether oxygens (including phenoxy) is 1. The van der Waals surface area contributed by atoms with Gasteiger partial charge in [-0.05, 0) is 44.0 Å². The third kappa shape index (κ3) is 4.20. The Morgan fingerprint density at radius 3 is 2.03 bits per heavy atom. The molecule has 5 rings (SSSR count). The predicted octanol–water partition coefficient (Wildman–Crippen LogP) is 3.85. The van der Waals surface area contributed by atoms with Crippen molar-refractivity contribution < 1.29 is 23.7 Å². The van der Waals surface area contributed by atoms with E-state index in [0.717, 1.165) is 16.7 Å². The Hall–Kier alpha value is -3.62. The van der Waals surface area contributed by atoms with Crippen molar-refractivity contribution in [2.75, 3.05) is 0 Å². The van der Waals surface area contributed by atoms with Crippen LogP contribution >= 0.6 is 0 Å². The summed E-state index contributed by atoms with van der Waals surface area (Å²) in [7, 11) is 0. The zero-order valence-electron chi connectivity index (χ0n) is 20.8.